The molecule has 1 aliphatic heterocycles. The summed E-state index contributed by atoms with van der Waals surface area (Å²) in [6.45, 7) is 15.4. The van der Waals surface area contributed by atoms with Gasteiger partial charge in [-0.15, -0.1) is 11.6 Å². The molecule has 0 aliphatic carbocycles. The van der Waals surface area contributed by atoms with Crippen LogP contribution in [0.4, 0.5) is 0 Å². The summed E-state index contributed by atoms with van der Waals surface area (Å²) in [5.74, 6) is 3.19. The largest absolute Gasteiger partial charge is 0.478 e. The highest BCUT2D eigenvalue weighted by molar-refractivity contribution is 7.42. The summed E-state index contributed by atoms with van der Waals surface area (Å²) in [4.78, 5) is 13.2. The van der Waals surface area contributed by atoms with Crippen molar-refractivity contribution < 1.29 is 9.53 Å². The Hall–Kier alpha value is -2.09. The van der Waals surface area contributed by atoms with E-state index >= 15 is 0 Å². The summed E-state index contributed by atoms with van der Waals surface area (Å²) in [5, 5.41) is 3.21. The predicted molar refractivity (Wildman–Crippen MR) is 151 cm³/mol. The van der Waals surface area contributed by atoms with E-state index in [0.29, 0.717) is 11.6 Å². The van der Waals surface area contributed by atoms with Gasteiger partial charge in [-0.3, -0.25) is 4.79 Å². The number of alkyl halides is 1. The summed E-state index contributed by atoms with van der Waals surface area (Å²) in [6.07, 6.45) is 13.3. The maximum atomic E-state index is 13.2. The zero-order valence-electron chi connectivity index (χ0n) is 21.5. The zero-order valence-corrected chi connectivity index (χ0v) is 23.3. The maximum Gasteiger partial charge on any atom is 0.263 e. The van der Waals surface area contributed by atoms with Crippen molar-refractivity contribution in [3.05, 3.63) is 95.6 Å². The first-order chi connectivity index (χ1) is 16.3. The summed E-state index contributed by atoms with van der Waals surface area (Å²) >= 11 is 5.85. The molecular formula is C29H41ClNO2P. The SMILES string of the molecule is C=C/C=C\C(=C/CCl)OC(C)(C)C(=O)NC(C)C(Cc1ccc(C)cc1)C1=CPCC=C1.CC. The van der Waals surface area contributed by atoms with Crippen molar-refractivity contribution in [2.75, 3.05) is 12.0 Å². The second-order valence-corrected chi connectivity index (χ2v) is 9.90. The van der Waals surface area contributed by atoms with Gasteiger partial charge in [0.2, 0.25) is 0 Å². The Kier molecular flexibility index (Phi) is 13.9. The first-order valence-electron chi connectivity index (χ1n) is 12.0. The average Bonchev–Trinajstić information content (AvgIpc) is 2.83. The summed E-state index contributed by atoms with van der Waals surface area (Å²) in [5.41, 5.74) is 2.75. The van der Waals surface area contributed by atoms with Crippen LogP contribution in [-0.2, 0) is 16.0 Å². The van der Waals surface area contributed by atoms with Gasteiger partial charge in [-0.25, -0.2) is 0 Å². The molecule has 0 saturated heterocycles. The molecule has 1 N–H and O–H groups in total. The molecule has 0 saturated carbocycles. The minimum atomic E-state index is -1.05. The second-order valence-electron chi connectivity index (χ2n) is 8.48. The van der Waals surface area contributed by atoms with Crippen molar-refractivity contribution in [1.29, 1.82) is 0 Å². The molecule has 5 heteroatoms. The number of rotatable bonds is 11. The normalized spacial score (nSPS) is 16.3. The topological polar surface area (TPSA) is 38.3 Å². The van der Waals surface area contributed by atoms with E-state index in [1.165, 1.54) is 16.7 Å². The van der Waals surface area contributed by atoms with Crippen LogP contribution < -0.4 is 5.32 Å². The van der Waals surface area contributed by atoms with Crippen LogP contribution in [0.3, 0.4) is 0 Å². The van der Waals surface area contributed by atoms with Crippen LogP contribution in [0.25, 0.3) is 0 Å². The van der Waals surface area contributed by atoms with Gasteiger partial charge in [-0.2, -0.15) is 0 Å². The number of aryl methyl sites for hydroxylation is 1. The van der Waals surface area contributed by atoms with Crippen LogP contribution in [0.1, 0.15) is 45.7 Å². The molecule has 1 aliphatic rings. The molecule has 34 heavy (non-hydrogen) atoms. The lowest BCUT2D eigenvalue weighted by atomic mass is 9.86. The molecule has 0 spiro atoms. The Bertz CT molecular complexity index is 897. The van der Waals surface area contributed by atoms with Crippen molar-refractivity contribution in [2.45, 2.75) is 59.6 Å². The number of halogens is 1. The fourth-order valence-electron chi connectivity index (χ4n) is 3.48. The number of hydrogen-bond acceptors (Lipinski definition) is 2. The van der Waals surface area contributed by atoms with Crippen LogP contribution in [0.5, 0.6) is 0 Å². The van der Waals surface area contributed by atoms with Gasteiger partial charge in [0.15, 0.2) is 5.60 Å². The molecule has 0 radical (unpaired) electrons. The van der Waals surface area contributed by atoms with Gasteiger partial charge in [-0.05, 0) is 63.6 Å². The van der Waals surface area contributed by atoms with Crippen LogP contribution in [0.2, 0.25) is 0 Å². The Morgan fingerprint density at radius 2 is 1.97 bits per heavy atom. The highest BCUT2D eigenvalue weighted by Crippen LogP contribution is 2.30. The van der Waals surface area contributed by atoms with Crippen LogP contribution in [-0.4, -0.2) is 29.6 Å². The fourth-order valence-corrected chi connectivity index (χ4v) is 4.55. The van der Waals surface area contributed by atoms with E-state index in [1.54, 1.807) is 38.2 Å². The molecular weight excluding hydrogens is 461 g/mol. The van der Waals surface area contributed by atoms with Gasteiger partial charge >= 0.3 is 0 Å². The number of carbonyl (C=O) groups is 1. The van der Waals surface area contributed by atoms with Gasteiger partial charge in [0, 0.05) is 17.8 Å². The molecule has 0 aromatic heterocycles. The van der Waals surface area contributed by atoms with Gasteiger partial charge in [0.25, 0.3) is 5.91 Å². The summed E-state index contributed by atoms with van der Waals surface area (Å²) in [7, 11) is 0.785. The van der Waals surface area contributed by atoms with Crippen molar-refractivity contribution in [3.8, 4) is 0 Å². The van der Waals surface area contributed by atoms with E-state index in [9.17, 15) is 4.79 Å². The summed E-state index contributed by atoms with van der Waals surface area (Å²) < 4.78 is 6.00. The zero-order chi connectivity index (χ0) is 25.6. The van der Waals surface area contributed by atoms with Crippen molar-refractivity contribution >= 4 is 26.1 Å². The molecule has 3 nitrogen and oxygen atoms in total. The number of hydrogen-bond donors (Lipinski definition) is 1. The molecule has 0 bridgehead atoms. The van der Waals surface area contributed by atoms with Crippen molar-refractivity contribution in [3.63, 3.8) is 0 Å². The monoisotopic (exact) mass is 501 g/mol. The third kappa shape index (κ3) is 10.0. The number of benzene rings is 1. The second kappa shape index (κ2) is 15.7. The number of carbonyl (C=O) groups excluding carboxylic acids is 1. The Morgan fingerprint density at radius 3 is 2.53 bits per heavy atom. The fraction of sp³-hybridized carbons (Fsp3) is 0.414. The Morgan fingerprint density at radius 1 is 1.29 bits per heavy atom. The van der Waals surface area contributed by atoms with E-state index in [-0.39, 0.29) is 17.9 Å². The van der Waals surface area contributed by atoms with Gasteiger partial charge in [0.1, 0.15) is 5.76 Å². The van der Waals surface area contributed by atoms with Crippen molar-refractivity contribution in [1.82, 2.24) is 5.32 Å². The van der Waals surface area contributed by atoms with Gasteiger partial charge in [-0.1, -0.05) is 89.0 Å². The lowest BCUT2D eigenvalue weighted by Gasteiger charge is -2.32. The molecule has 1 amide bonds. The maximum absolute atomic E-state index is 13.2. The first-order valence-corrected chi connectivity index (χ1v) is 13.8. The Labute approximate surface area is 213 Å². The van der Waals surface area contributed by atoms with Gasteiger partial charge in [0.05, 0.1) is 0 Å². The molecule has 1 aromatic carbocycles. The Balaban J connectivity index is 0.00000281. The van der Waals surface area contributed by atoms with Crippen LogP contribution in [0.15, 0.2) is 84.4 Å². The minimum Gasteiger partial charge on any atom is -0.478 e. The van der Waals surface area contributed by atoms with E-state index in [0.717, 1.165) is 21.2 Å². The molecule has 186 valence electrons. The van der Waals surface area contributed by atoms with E-state index in [1.807, 2.05) is 13.8 Å². The van der Waals surface area contributed by atoms with E-state index < -0.39 is 5.60 Å². The number of allylic oxidation sites excluding steroid dienone is 6. The lowest BCUT2D eigenvalue weighted by Crippen LogP contribution is -2.50. The minimum absolute atomic E-state index is 0.0605. The molecule has 3 unspecified atom stereocenters. The molecule has 0 fully saturated rings. The number of amides is 1. The standard InChI is InChI=1S/C27H35ClNO2P.C2H6/c1-6-7-10-24(15-16-28)31-27(4,5)26(30)29-21(3)25(23-9-8-17-32-19-23)18-22-13-11-20(2)12-14-22;1-2/h6-15,19,21,25,32H,1,16-18H2,2-5H3,(H,29,30);1-2H3/b10-7-,24-15+;. The van der Waals surface area contributed by atoms with Crippen LogP contribution >= 0.6 is 20.2 Å². The van der Waals surface area contributed by atoms with E-state index in [2.05, 4.69) is 68.0 Å². The smallest absolute Gasteiger partial charge is 0.263 e. The molecule has 1 heterocycles. The van der Waals surface area contributed by atoms with Gasteiger partial charge < -0.3 is 10.1 Å². The lowest BCUT2D eigenvalue weighted by molar-refractivity contribution is -0.139. The first kappa shape index (κ1) is 29.9. The highest BCUT2D eigenvalue weighted by atomic mass is 35.5. The van der Waals surface area contributed by atoms with Crippen molar-refractivity contribution in [2.24, 2.45) is 5.92 Å². The molecule has 2 rings (SSSR count). The molecule has 1 aromatic rings. The van der Waals surface area contributed by atoms with Crippen LogP contribution in [0, 0.1) is 12.8 Å². The molecule has 3 atom stereocenters. The third-order valence-corrected chi connectivity index (χ3v) is 6.54. The third-order valence-electron chi connectivity index (χ3n) is 5.38. The quantitative estimate of drug-likeness (QED) is 0.148. The summed E-state index contributed by atoms with van der Waals surface area (Å²) in [6, 6.07) is 8.57. The number of ether oxygens (including phenoxy) is 1. The number of nitrogens with one attached hydrogen (secondary N) is 1. The average molecular weight is 502 g/mol. The van der Waals surface area contributed by atoms with E-state index in [4.69, 9.17) is 16.3 Å². The predicted octanol–water partition coefficient (Wildman–Crippen LogP) is 7.48. The highest BCUT2D eigenvalue weighted by Gasteiger charge is 2.33.